The average molecular weight is 290 g/mol. The van der Waals surface area contributed by atoms with Gasteiger partial charge in [0, 0.05) is 17.8 Å². The van der Waals surface area contributed by atoms with Crippen LogP contribution in [0.1, 0.15) is 22.8 Å². The predicted molar refractivity (Wildman–Crippen MR) is 82.2 cm³/mol. The zero-order chi connectivity index (χ0) is 14.7. The topological polar surface area (TPSA) is 59.2 Å². The van der Waals surface area contributed by atoms with Crippen molar-refractivity contribution >= 4 is 29.0 Å². The molecule has 0 unspecified atom stereocenters. The van der Waals surface area contributed by atoms with Gasteiger partial charge in [-0.2, -0.15) is 0 Å². The summed E-state index contributed by atoms with van der Waals surface area (Å²) in [4.78, 5) is 18.2. The van der Waals surface area contributed by atoms with Gasteiger partial charge < -0.3 is 10.6 Å². The zero-order valence-electron chi connectivity index (χ0n) is 11.4. The molecule has 5 heteroatoms. The van der Waals surface area contributed by atoms with Gasteiger partial charge in [0.1, 0.15) is 11.0 Å². The normalized spacial score (nSPS) is 10.3. The predicted octanol–water partition coefficient (Wildman–Crippen LogP) is 3.29. The number of pyridine rings is 1. The van der Waals surface area contributed by atoms with E-state index < -0.39 is 0 Å². The molecule has 0 aliphatic carbocycles. The molecule has 0 saturated heterocycles. The van der Waals surface area contributed by atoms with Gasteiger partial charge in [-0.1, -0.05) is 29.8 Å². The Balaban J connectivity index is 2.42. The minimum Gasteiger partial charge on any atom is -0.384 e. The molecule has 0 fully saturated rings. The standard InChI is InChI=1S/C15H16ClN3O/c1-3-19(12-7-5-4-6-10(12)2)15(20)11-8-13(16)18-14(17)9-11/h4-9H,3H2,1-2H3,(H2,17,18). The van der Waals surface area contributed by atoms with E-state index in [9.17, 15) is 4.79 Å². The second kappa shape index (κ2) is 5.92. The Bertz CT molecular complexity index is 623. The molecular formula is C15H16ClN3O. The highest BCUT2D eigenvalue weighted by molar-refractivity contribution is 6.30. The van der Waals surface area contributed by atoms with Crippen LogP contribution in [0, 0.1) is 6.92 Å². The molecule has 1 heterocycles. The number of hydrogen-bond acceptors (Lipinski definition) is 3. The molecule has 0 atom stereocenters. The van der Waals surface area contributed by atoms with E-state index in [1.54, 1.807) is 4.90 Å². The van der Waals surface area contributed by atoms with E-state index in [1.165, 1.54) is 12.1 Å². The van der Waals surface area contributed by atoms with Gasteiger partial charge in [-0.3, -0.25) is 4.79 Å². The molecule has 0 aliphatic rings. The third-order valence-electron chi connectivity index (χ3n) is 3.03. The summed E-state index contributed by atoms with van der Waals surface area (Å²) in [6.07, 6.45) is 0. The summed E-state index contributed by atoms with van der Waals surface area (Å²) < 4.78 is 0. The number of nitrogen functional groups attached to an aromatic ring is 1. The molecule has 0 saturated carbocycles. The number of halogens is 1. The first-order valence-corrected chi connectivity index (χ1v) is 6.71. The summed E-state index contributed by atoms with van der Waals surface area (Å²) in [6.45, 7) is 4.46. The van der Waals surface area contributed by atoms with Gasteiger partial charge in [0.05, 0.1) is 0 Å². The van der Waals surface area contributed by atoms with Crippen LogP contribution in [0.5, 0.6) is 0 Å². The maximum Gasteiger partial charge on any atom is 0.258 e. The van der Waals surface area contributed by atoms with Gasteiger partial charge in [-0.15, -0.1) is 0 Å². The fourth-order valence-corrected chi connectivity index (χ4v) is 2.30. The van der Waals surface area contributed by atoms with E-state index in [1.807, 2.05) is 38.1 Å². The molecule has 0 bridgehead atoms. The first-order valence-electron chi connectivity index (χ1n) is 6.33. The van der Waals surface area contributed by atoms with E-state index in [2.05, 4.69) is 4.98 Å². The number of benzene rings is 1. The van der Waals surface area contributed by atoms with Crippen LogP contribution < -0.4 is 10.6 Å². The van der Waals surface area contributed by atoms with Crippen molar-refractivity contribution in [1.29, 1.82) is 0 Å². The second-order valence-corrected chi connectivity index (χ2v) is 4.83. The SMILES string of the molecule is CCN(C(=O)c1cc(N)nc(Cl)c1)c1ccccc1C. The Labute approximate surface area is 123 Å². The quantitative estimate of drug-likeness (QED) is 0.882. The number of aromatic nitrogens is 1. The number of hydrogen-bond donors (Lipinski definition) is 1. The second-order valence-electron chi connectivity index (χ2n) is 4.44. The van der Waals surface area contributed by atoms with Crippen molar-refractivity contribution < 1.29 is 4.79 Å². The third-order valence-corrected chi connectivity index (χ3v) is 3.22. The summed E-state index contributed by atoms with van der Waals surface area (Å²) >= 11 is 5.86. The summed E-state index contributed by atoms with van der Waals surface area (Å²) in [5, 5.41) is 0.217. The maximum absolute atomic E-state index is 12.6. The van der Waals surface area contributed by atoms with Crippen molar-refractivity contribution in [1.82, 2.24) is 4.98 Å². The molecule has 0 aliphatic heterocycles. The Morgan fingerprint density at radius 3 is 2.65 bits per heavy atom. The number of rotatable bonds is 3. The van der Waals surface area contributed by atoms with Gasteiger partial charge in [0.2, 0.25) is 0 Å². The lowest BCUT2D eigenvalue weighted by molar-refractivity contribution is 0.0988. The average Bonchev–Trinajstić information content (AvgIpc) is 2.40. The van der Waals surface area contributed by atoms with Crippen LogP contribution >= 0.6 is 11.6 Å². The highest BCUT2D eigenvalue weighted by atomic mass is 35.5. The smallest absolute Gasteiger partial charge is 0.258 e. The third kappa shape index (κ3) is 2.91. The number of para-hydroxylation sites is 1. The van der Waals surface area contributed by atoms with Crippen molar-refractivity contribution in [2.75, 3.05) is 17.2 Å². The van der Waals surface area contributed by atoms with E-state index in [-0.39, 0.29) is 16.9 Å². The first kappa shape index (κ1) is 14.3. The van der Waals surface area contributed by atoms with Gasteiger partial charge >= 0.3 is 0 Å². The van der Waals surface area contributed by atoms with Crippen molar-refractivity contribution in [2.24, 2.45) is 0 Å². The Morgan fingerprint density at radius 2 is 2.05 bits per heavy atom. The van der Waals surface area contributed by atoms with Crippen LogP contribution in [-0.2, 0) is 0 Å². The summed E-state index contributed by atoms with van der Waals surface area (Å²) in [7, 11) is 0. The van der Waals surface area contributed by atoms with Crippen LogP contribution in [0.25, 0.3) is 0 Å². The highest BCUT2D eigenvalue weighted by Crippen LogP contribution is 2.22. The molecule has 1 amide bonds. The molecule has 4 nitrogen and oxygen atoms in total. The van der Waals surface area contributed by atoms with Crippen LogP contribution in [0.3, 0.4) is 0 Å². The van der Waals surface area contributed by atoms with Crippen LogP contribution in [0.2, 0.25) is 5.15 Å². The van der Waals surface area contributed by atoms with Crippen molar-refractivity contribution in [3.05, 3.63) is 52.7 Å². The number of carbonyl (C=O) groups excluding carboxylic acids is 1. The molecule has 0 radical (unpaired) electrons. The molecule has 2 N–H and O–H groups in total. The lowest BCUT2D eigenvalue weighted by atomic mass is 10.1. The van der Waals surface area contributed by atoms with Crippen LogP contribution in [-0.4, -0.2) is 17.4 Å². The van der Waals surface area contributed by atoms with Crippen LogP contribution in [0.4, 0.5) is 11.5 Å². The largest absolute Gasteiger partial charge is 0.384 e. The fraction of sp³-hybridized carbons (Fsp3) is 0.200. The lowest BCUT2D eigenvalue weighted by Crippen LogP contribution is -2.31. The number of nitrogens with two attached hydrogens (primary N) is 1. The van der Waals surface area contributed by atoms with Crippen molar-refractivity contribution in [2.45, 2.75) is 13.8 Å². The van der Waals surface area contributed by atoms with Gasteiger partial charge in [0.15, 0.2) is 0 Å². The zero-order valence-corrected chi connectivity index (χ0v) is 12.2. The summed E-state index contributed by atoms with van der Waals surface area (Å²) in [5.74, 6) is 0.0967. The minimum atomic E-state index is -0.141. The summed E-state index contributed by atoms with van der Waals surface area (Å²) in [6, 6.07) is 10.8. The van der Waals surface area contributed by atoms with E-state index in [4.69, 9.17) is 17.3 Å². The number of aryl methyl sites for hydroxylation is 1. The van der Waals surface area contributed by atoms with E-state index in [0.29, 0.717) is 12.1 Å². The van der Waals surface area contributed by atoms with E-state index >= 15 is 0 Å². The first-order chi connectivity index (χ1) is 9.52. The number of carbonyl (C=O) groups is 1. The number of anilines is 2. The monoisotopic (exact) mass is 289 g/mol. The molecule has 1 aromatic carbocycles. The van der Waals surface area contributed by atoms with E-state index in [0.717, 1.165) is 11.3 Å². The Morgan fingerprint density at radius 1 is 1.35 bits per heavy atom. The molecule has 20 heavy (non-hydrogen) atoms. The molecule has 2 rings (SSSR count). The Kier molecular flexibility index (Phi) is 4.25. The van der Waals surface area contributed by atoms with Crippen molar-refractivity contribution in [3.63, 3.8) is 0 Å². The van der Waals surface area contributed by atoms with Crippen molar-refractivity contribution in [3.8, 4) is 0 Å². The van der Waals surface area contributed by atoms with Gasteiger partial charge in [0.25, 0.3) is 5.91 Å². The van der Waals surface area contributed by atoms with Gasteiger partial charge in [-0.05, 0) is 37.6 Å². The minimum absolute atomic E-state index is 0.141. The maximum atomic E-state index is 12.6. The summed E-state index contributed by atoms with van der Waals surface area (Å²) in [5.41, 5.74) is 8.00. The highest BCUT2D eigenvalue weighted by Gasteiger charge is 2.18. The number of nitrogens with zero attached hydrogens (tertiary/aromatic N) is 2. The number of amides is 1. The molecule has 2 aromatic rings. The van der Waals surface area contributed by atoms with Crippen LogP contribution in [0.15, 0.2) is 36.4 Å². The Hall–Kier alpha value is -2.07. The fourth-order valence-electron chi connectivity index (χ4n) is 2.09. The van der Waals surface area contributed by atoms with Gasteiger partial charge in [-0.25, -0.2) is 4.98 Å². The lowest BCUT2D eigenvalue weighted by Gasteiger charge is -2.23. The molecule has 104 valence electrons. The molecular weight excluding hydrogens is 274 g/mol. The molecule has 0 spiro atoms. The molecule has 1 aromatic heterocycles.